The van der Waals surface area contributed by atoms with Crippen molar-refractivity contribution in [2.75, 3.05) is 6.54 Å². The molecule has 0 amide bonds. The van der Waals surface area contributed by atoms with Gasteiger partial charge in [-0.1, -0.05) is 45.7 Å². The topological polar surface area (TPSA) is 12.0 Å². The number of rotatable bonds is 8. The molecule has 0 bridgehead atoms. The molecule has 1 nitrogen and oxygen atoms in total. The third-order valence-electron chi connectivity index (χ3n) is 3.75. The summed E-state index contributed by atoms with van der Waals surface area (Å²) >= 11 is 3.37. The number of halogens is 2. The summed E-state index contributed by atoms with van der Waals surface area (Å²) in [7, 11) is 0. The summed E-state index contributed by atoms with van der Waals surface area (Å²) in [5, 5.41) is 3.62. The van der Waals surface area contributed by atoms with E-state index in [0.717, 1.165) is 37.8 Å². The highest BCUT2D eigenvalue weighted by Gasteiger charge is 2.19. The van der Waals surface area contributed by atoms with Crippen LogP contribution in [0.25, 0.3) is 0 Å². The second-order valence-corrected chi connectivity index (χ2v) is 5.85. The Morgan fingerprint density at radius 3 is 2.47 bits per heavy atom. The molecule has 1 unspecified atom stereocenters. The molecular weight excluding hydrogens is 305 g/mol. The average molecular weight is 330 g/mol. The molecule has 0 saturated carbocycles. The van der Waals surface area contributed by atoms with Crippen LogP contribution in [-0.2, 0) is 6.42 Å². The fourth-order valence-electron chi connectivity index (χ4n) is 2.54. The molecule has 0 heterocycles. The van der Waals surface area contributed by atoms with Crippen LogP contribution in [0, 0.1) is 11.7 Å². The number of hydrogen-bond acceptors (Lipinski definition) is 1. The zero-order valence-electron chi connectivity index (χ0n) is 12.2. The molecule has 0 aliphatic heterocycles. The first-order chi connectivity index (χ1) is 9.13. The molecular formula is C16H25BrFN. The molecule has 0 radical (unpaired) electrons. The van der Waals surface area contributed by atoms with Gasteiger partial charge in [0.1, 0.15) is 5.82 Å². The molecule has 0 spiro atoms. The maximum atomic E-state index is 13.6. The minimum atomic E-state index is -0.170. The lowest BCUT2D eigenvalue weighted by molar-refractivity contribution is 0.331. The van der Waals surface area contributed by atoms with Gasteiger partial charge in [-0.15, -0.1) is 0 Å². The van der Waals surface area contributed by atoms with Crippen molar-refractivity contribution in [3.8, 4) is 0 Å². The van der Waals surface area contributed by atoms with Gasteiger partial charge in [0, 0.05) is 6.04 Å². The standard InChI is InChI=1S/C16H25BrFN/c1-4-10-19-15(12(5-2)6-3)11-13-8-7-9-14(18)16(13)17/h7-9,12,15,19H,4-6,10-11H2,1-3H3. The molecule has 19 heavy (non-hydrogen) atoms. The summed E-state index contributed by atoms with van der Waals surface area (Å²) in [5.41, 5.74) is 1.06. The summed E-state index contributed by atoms with van der Waals surface area (Å²) in [6, 6.07) is 5.72. The van der Waals surface area contributed by atoms with Gasteiger partial charge >= 0.3 is 0 Å². The molecule has 1 N–H and O–H groups in total. The highest BCUT2D eigenvalue weighted by molar-refractivity contribution is 9.10. The van der Waals surface area contributed by atoms with Crippen molar-refractivity contribution in [3.05, 3.63) is 34.1 Å². The Morgan fingerprint density at radius 2 is 1.89 bits per heavy atom. The zero-order valence-corrected chi connectivity index (χ0v) is 13.8. The van der Waals surface area contributed by atoms with Crippen LogP contribution in [-0.4, -0.2) is 12.6 Å². The van der Waals surface area contributed by atoms with Gasteiger partial charge in [-0.3, -0.25) is 0 Å². The molecule has 1 aromatic carbocycles. The normalized spacial score (nSPS) is 12.9. The highest BCUT2D eigenvalue weighted by atomic mass is 79.9. The van der Waals surface area contributed by atoms with E-state index >= 15 is 0 Å². The fourth-order valence-corrected chi connectivity index (χ4v) is 2.96. The molecule has 0 fully saturated rings. The van der Waals surface area contributed by atoms with Crippen LogP contribution < -0.4 is 5.32 Å². The molecule has 1 atom stereocenters. The highest BCUT2D eigenvalue weighted by Crippen LogP contribution is 2.25. The van der Waals surface area contributed by atoms with Gasteiger partial charge in [0.25, 0.3) is 0 Å². The maximum Gasteiger partial charge on any atom is 0.137 e. The minimum absolute atomic E-state index is 0.170. The predicted octanol–water partition coefficient (Wildman–Crippen LogP) is 4.94. The van der Waals surface area contributed by atoms with Gasteiger partial charge in [0.15, 0.2) is 0 Å². The largest absolute Gasteiger partial charge is 0.313 e. The number of hydrogen-bond donors (Lipinski definition) is 1. The van der Waals surface area contributed by atoms with Crippen molar-refractivity contribution in [2.24, 2.45) is 5.92 Å². The van der Waals surface area contributed by atoms with Gasteiger partial charge < -0.3 is 5.32 Å². The molecule has 3 heteroatoms. The van der Waals surface area contributed by atoms with E-state index in [9.17, 15) is 4.39 Å². The summed E-state index contributed by atoms with van der Waals surface area (Å²) in [4.78, 5) is 0. The van der Waals surface area contributed by atoms with Crippen molar-refractivity contribution >= 4 is 15.9 Å². The van der Waals surface area contributed by atoms with Crippen LogP contribution in [0.4, 0.5) is 4.39 Å². The molecule has 1 aromatic rings. The lowest BCUT2D eigenvalue weighted by Crippen LogP contribution is -2.38. The van der Waals surface area contributed by atoms with E-state index in [-0.39, 0.29) is 5.82 Å². The van der Waals surface area contributed by atoms with Crippen LogP contribution in [0.2, 0.25) is 0 Å². The first-order valence-electron chi connectivity index (χ1n) is 7.30. The lowest BCUT2D eigenvalue weighted by atomic mass is 9.89. The van der Waals surface area contributed by atoms with Gasteiger partial charge in [-0.05, 0) is 52.9 Å². The summed E-state index contributed by atoms with van der Waals surface area (Å²) in [6.45, 7) is 7.66. The van der Waals surface area contributed by atoms with E-state index in [1.165, 1.54) is 6.07 Å². The minimum Gasteiger partial charge on any atom is -0.313 e. The SMILES string of the molecule is CCCNC(Cc1cccc(F)c1Br)C(CC)CC. The van der Waals surface area contributed by atoms with E-state index in [1.807, 2.05) is 6.07 Å². The first kappa shape index (κ1) is 16.6. The lowest BCUT2D eigenvalue weighted by Gasteiger charge is -2.27. The van der Waals surface area contributed by atoms with Crippen LogP contribution in [0.3, 0.4) is 0 Å². The van der Waals surface area contributed by atoms with E-state index in [2.05, 4.69) is 42.0 Å². The van der Waals surface area contributed by atoms with Gasteiger partial charge in [0.05, 0.1) is 4.47 Å². The molecule has 0 saturated heterocycles. The van der Waals surface area contributed by atoms with Crippen LogP contribution in [0.15, 0.2) is 22.7 Å². The molecule has 108 valence electrons. The molecule has 1 rings (SSSR count). The third-order valence-corrected chi connectivity index (χ3v) is 4.63. The van der Waals surface area contributed by atoms with Gasteiger partial charge in [-0.25, -0.2) is 4.39 Å². The Morgan fingerprint density at radius 1 is 1.21 bits per heavy atom. The monoisotopic (exact) mass is 329 g/mol. The second-order valence-electron chi connectivity index (χ2n) is 5.05. The average Bonchev–Trinajstić information content (AvgIpc) is 2.42. The predicted molar refractivity (Wildman–Crippen MR) is 84.0 cm³/mol. The first-order valence-corrected chi connectivity index (χ1v) is 8.09. The Balaban J connectivity index is 2.83. The van der Waals surface area contributed by atoms with Gasteiger partial charge in [-0.2, -0.15) is 0 Å². The number of benzene rings is 1. The van der Waals surface area contributed by atoms with Crippen molar-refractivity contribution < 1.29 is 4.39 Å². The molecule has 0 aliphatic rings. The second kappa shape index (κ2) is 8.70. The Hall–Kier alpha value is -0.410. The zero-order chi connectivity index (χ0) is 14.3. The van der Waals surface area contributed by atoms with Crippen LogP contribution in [0.1, 0.15) is 45.6 Å². The smallest absolute Gasteiger partial charge is 0.137 e. The van der Waals surface area contributed by atoms with Crippen molar-refractivity contribution in [3.63, 3.8) is 0 Å². The number of nitrogens with one attached hydrogen (secondary N) is 1. The Labute approximate surface area is 125 Å². The Kier molecular flexibility index (Phi) is 7.62. The van der Waals surface area contributed by atoms with E-state index in [0.29, 0.717) is 16.4 Å². The third kappa shape index (κ3) is 4.88. The van der Waals surface area contributed by atoms with Crippen molar-refractivity contribution in [1.29, 1.82) is 0 Å². The summed E-state index contributed by atoms with van der Waals surface area (Å²) in [6.07, 6.45) is 4.32. The Bertz CT molecular complexity index is 377. The van der Waals surface area contributed by atoms with Crippen molar-refractivity contribution in [2.45, 2.75) is 52.5 Å². The van der Waals surface area contributed by atoms with Crippen LogP contribution in [0.5, 0.6) is 0 Å². The van der Waals surface area contributed by atoms with Crippen molar-refractivity contribution in [1.82, 2.24) is 5.32 Å². The molecule has 0 aliphatic carbocycles. The molecule has 0 aromatic heterocycles. The van der Waals surface area contributed by atoms with E-state index in [1.54, 1.807) is 6.07 Å². The summed E-state index contributed by atoms with van der Waals surface area (Å²) < 4.78 is 14.2. The van der Waals surface area contributed by atoms with E-state index in [4.69, 9.17) is 0 Å². The van der Waals surface area contributed by atoms with Crippen LogP contribution >= 0.6 is 15.9 Å². The van der Waals surface area contributed by atoms with E-state index < -0.39 is 0 Å². The fraction of sp³-hybridized carbons (Fsp3) is 0.625. The maximum absolute atomic E-state index is 13.6. The quantitative estimate of drug-likeness (QED) is 0.712. The van der Waals surface area contributed by atoms with Gasteiger partial charge in [0.2, 0.25) is 0 Å². The summed E-state index contributed by atoms with van der Waals surface area (Å²) in [5.74, 6) is 0.470.